The van der Waals surface area contributed by atoms with Gasteiger partial charge in [0, 0.05) is 37.1 Å². The van der Waals surface area contributed by atoms with Crippen LogP contribution in [-0.4, -0.2) is 37.0 Å². The number of amides is 1. The van der Waals surface area contributed by atoms with E-state index in [0.717, 1.165) is 43.8 Å². The second-order valence-electron chi connectivity index (χ2n) is 6.29. The number of likely N-dealkylation sites (tertiary alicyclic amines) is 1. The number of rotatable bonds is 5. The molecule has 1 fully saturated rings. The fraction of sp³-hybridized carbons (Fsp3) is 0.500. The first-order valence-corrected chi connectivity index (χ1v) is 8.36. The fourth-order valence-electron chi connectivity index (χ4n) is 3.39. The normalized spacial score (nSPS) is 19.1. The van der Waals surface area contributed by atoms with Crippen molar-refractivity contribution in [2.75, 3.05) is 26.2 Å². The van der Waals surface area contributed by atoms with Crippen molar-refractivity contribution in [1.29, 1.82) is 0 Å². The summed E-state index contributed by atoms with van der Waals surface area (Å²) in [5.74, 6) is 1.17. The average molecular weight is 315 g/mol. The minimum absolute atomic E-state index is 0.0637. The summed E-state index contributed by atoms with van der Waals surface area (Å²) in [4.78, 5) is 14.5. The van der Waals surface area contributed by atoms with E-state index in [9.17, 15) is 4.79 Å². The molecule has 0 spiro atoms. The number of nitrogens with two attached hydrogens (primary N) is 1. The summed E-state index contributed by atoms with van der Waals surface area (Å²) in [6, 6.07) is 8.15. The molecule has 1 unspecified atom stereocenters. The van der Waals surface area contributed by atoms with Gasteiger partial charge in [-0.3, -0.25) is 9.69 Å². The Morgan fingerprint density at radius 2 is 2.26 bits per heavy atom. The molecule has 124 valence electrons. The molecule has 0 saturated carbocycles. The quantitative estimate of drug-likeness (QED) is 0.885. The predicted molar refractivity (Wildman–Crippen MR) is 91.0 cm³/mol. The Morgan fingerprint density at radius 1 is 1.43 bits per heavy atom. The lowest BCUT2D eigenvalue weighted by Crippen LogP contribution is -2.43. The summed E-state index contributed by atoms with van der Waals surface area (Å²) in [6.45, 7) is 5.73. The number of furan rings is 1. The lowest BCUT2D eigenvalue weighted by atomic mass is 9.96. The number of nitrogens with one attached hydrogen (secondary N) is 1. The lowest BCUT2D eigenvalue weighted by molar-refractivity contribution is -0.126. The highest BCUT2D eigenvalue weighted by atomic mass is 16.3. The third-order valence-electron chi connectivity index (χ3n) is 4.60. The van der Waals surface area contributed by atoms with Crippen molar-refractivity contribution in [3.63, 3.8) is 0 Å². The molecule has 1 saturated heterocycles. The number of fused-ring (bicyclic) bond motifs is 1. The van der Waals surface area contributed by atoms with E-state index in [1.807, 2.05) is 25.1 Å². The Labute approximate surface area is 136 Å². The zero-order valence-corrected chi connectivity index (χ0v) is 13.7. The molecule has 5 nitrogen and oxygen atoms in total. The monoisotopic (exact) mass is 315 g/mol. The third-order valence-corrected chi connectivity index (χ3v) is 4.60. The van der Waals surface area contributed by atoms with Gasteiger partial charge in [0.2, 0.25) is 5.91 Å². The second kappa shape index (κ2) is 7.15. The molecule has 3 rings (SSSR count). The first kappa shape index (κ1) is 16.0. The van der Waals surface area contributed by atoms with Crippen molar-refractivity contribution in [2.24, 2.45) is 11.7 Å². The molecular formula is C18H25N3O2. The van der Waals surface area contributed by atoms with Crippen molar-refractivity contribution >= 4 is 16.9 Å². The zero-order valence-electron chi connectivity index (χ0n) is 13.7. The van der Waals surface area contributed by atoms with Crippen LogP contribution in [-0.2, 0) is 11.3 Å². The zero-order chi connectivity index (χ0) is 16.2. The van der Waals surface area contributed by atoms with Gasteiger partial charge in [-0.1, -0.05) is 18.2 Å². The van der Waals surface area contributed by atoms with Gasteiger partial charge in [0.25, 0.3) is 0 Å². The van der Waals surface area contributed by atoms with Crippen molar-refractivity contribution in [3.8, 4) is 0 Å². The van der Waals surface area contributed by atoms with E-state index >= 15 is 0 Å². The molecular weight excluding hydrogens is 290 g/mol. The number of hydrogen-bond donors (Lipinski definition) is 2. The molecule has 0 aliphatic carbocycles. The summed E-state index contributed by atoms with van der Waals surface area (Å²) in [6.07, 6.45) is 2.01. The molecule has 2 heterocycles. The second-order valence-corrected chi connectivity index (χ2v) is 6.29. The van der Waals surface area contributed by atoms with E-state index in [1.165, 1.54) is 10.9 Å². The number of nitrogens with zero attached hydrogens (tertiary/aromatic N) is 1. The van der Waals surface area contributed by atoms with Crippen LogP contribution in [0, 0.1) is 12.8 Å². The van der Waals surface area contributed by atoms with E-state index in [4.69, 9.17) is 10.2 Å². The number of para-hydroxylation sites is 1. The smallest absolute Gasteiger partial charge is 0.224 e. The van der Waals surface area contributed by atoms with Crippen LogP contribution < -0.4 is 11.1 Å². The molecule has 3 N–H and O–H groups in total. The molecule has 1 aliphatic heterocycles. The molecule has 23 heavy (non-hydrogen) atoms. The highest BCUT2D eigenvalue weighted by Gasteiger charge is 2.26. The lowest BCUT2D eigenvalue weighted by Gasteiger charge is -2.32. The molecule has 1 aliphatic rings. The maximum absolute atomic E-state index is 12.2. The van der Waals surface area contributed by atoms with Crippen LogP contribution in [0.3, 0.4) is 0 Å². The van der Waals surface area contributed by atoms with Crippen molar-refractivity contribution < 1.29 is 9.21 Å². The van der Waals surface area contributed by atoms with Gasteiger partial charge in [0.15, 0.2) is 0 Å². The number of piperidine rings is 1. The number of carbonyl (C=O) groups excluding carboxylic acids is 1. The predicted octanol–water partition coefficient (Wildman–Crippen LogP) is 2.03. The van der Waals surface area contributed by atoms with Crippen molar-refractivity contribution in [3.05, 3.63) is 35.6 Å². The molecule has 0 radical (unpaired) electrons. The van der Waals surface area contributed by atoms with Gasteiger partial charge >= 0.3 is 0 Å². The average Bonchev–Trinajstić information content (AvgIpc) is 2.89. The molecule has 0 bridgehead atoms. The topological polar surface area (TPSA) is 71.5 Å². The van der Waals surface area contributed by atoms with Crippen LogP contribution >= 0.6 is 0 Å². The number of benzene rings is 1. The summed E-state index contributed by atoms with van der Waals surface area (Å²) in [5.41, 5.74) is 7.64. The molecule has 2 aromatic rings. The van der Waals surface area contributed by atoms with Gasteiger partial charge in [-0.15, -0.1) is 0 Å². The van der Waals surface area contributed by atoms with Crippen molar-refractivity contribution in [1.82, 2.24) is 10.2 Å². The van der Waals surface area contributed by atoms with Crippen LogP contribution in [0.1, 0.15) is 24.2 Å². The van der Waals surface area contributed by atoms with Gasteiger partial charge in [0.05, 0.1) is 5.92 Å². The van der Waals surface area contributed by atoms with E-state index in [1.54, 1.807) is 0 Å². The summed E-state index contributed by atoms with van der Waals surface area (Å²) in [5, 5.41) is 4.09. The van der Waals surface area contributed by atoms with Crippen LogP contribution in [0.15, 0.2) is 28.7 Å². The van der Waals surface area contributed by atoms with Crippen LogP contribution in [0.25, 0.3) is 11.0 Å². The Balaban J connectivity index is 1.69. The maximum atomic E-state index is 12.2. The molecule has 1 amide bonds. The molecule has 1 aromatic heterocycles. The minimum atomic E-state index is 0.0637. The highest BCUT2D eigenvalue weighted by Crippen LogP contribution is 2.28. The minimum Gasteiger partial charge on any atom is -0.461 e. The van der Waals surface area contributed by atoms with Crippen LogP contribution in [0.4, 0.5) is 0 Å². The third kappa shape index (κ3) is 3.57. The maximum Gasteiger partial charge on any atom is 0.224 e. The largest absolute Gasteiger partial charge is 0.461 e. The summed E-state index contributed by atoms with van der Waals surface area (Å²) >= 11 is 0. The van der Waals surface area contributed by atoms with E-state index in [-0.39, 0.29) is 11.8 Å². The summed E-state index contributed by atoms with van der Waals surface area (Å²) < 4.78 is 5.85. The van der Waals surface area contributed by atoms with Crippen molar-refractivity contribution in [2.45, 2.75) is 26.3 Å². The van der Waals surface area contributed by atoms with Gasteiger partial charge in [-0.25, -0.2) is 0 Å². The van der Waals surface area contributed by atoms with Crippen LogP contribution in [0.5, 0.6) is 0 Å². The van der Waals surface area contributed by atoms with Gasteiger partial charge in [0.1, 0.15) is 11.3 Å². The van der Waals surface area contributed by atoms with Crippen LogP contribution in [0.2, 0.25) is 0 Å². The molecule has 5 heteroatoms. The SMILES string of the molecule is Cc1oc2ccccc2c1CN1CCCC(C(=O)NCCN)C1. The highest BCUT2D eigenvalue weighted by molar-refractivity contribution is 5.82. The number of aryl methyl sites for hydroxylation is 1. The first-order chi connectivity index (χ1) is 11.2. The standard InChI is InChI=1S/C18H25N3O2/c1-13-16(15-6-2-3-7-17(15)23-13)12-21-10-4-5-14(11-21)18(22)20-9-8-19/h2-3,6-7,14H,4-5,8-12,19H2,1H3,(H,20,22). The van der Waals surface area contributed by atoms with E-state index in [0.29, 0.717) is 13.1 Å². The van der Waals surface area contributed by atoms with E-state index in [2.05, 4.69) is 16.3 Å². The summed E-state index contributed by atoms with van der Waals surface area (Å²) in [7, 11) is 0. The van der Waals surface area contributed by atoms with E-state index < -0.39 is 0 Å². The Hall–Kier alpha value is -1.85. The molecule has 1 atom stereocenters. The fourth-order valence-corrected chi connectivity index (χ4v) is 3.39. The molecule has 1 aromatic carbocycles. The first-order valence-electron chi connectivity index (χ1n) is 8.36. The Kier molecular flexibility index (Phi) is 4.98. The van der Waals surface area contributed by atoms with Gasteiger partial charge in [-0.05, 0) is 32.4 Å². The van der Waals surface area contributed by atoms with Gasteiger partial charge in [-0.2, -0.15) is 0 Å². The Morgan fingerprint density at radius 3 is 3.09 bits per heavy atom. The number of carbonyl (C=O) groups is 1. The van der Waals surface area contributed by atoms with Gasteiger partial charge < -0.3 is 15.5 Å². The Bertz CT molecular complexity index is 680. The number of hydrogen-bond acceptors (Lipinski definition) is 4.